The molecule has 0 aliphatic carbocycles. The van der Waals surface area contributed by atoms with Gasteiger partial charge in [-0.3, -0.25) is 0 Å². The van der Waals surface area contributed by atoms with E-state index in [2.05, 4.69) is 15.4 Å². The third-order valence-electron chi connectivity index (χ3n) is 2.30. The summed E-state index contributed by atoms with van der Waals surface area (Å²) in [6.45, 7) is 0.0888. The molecule has 2 aromatic rings. The number of carboxylic acid groups (broad SMARTS) is 1. The maximum Gasteiger partial charge on any atom is 0.328 e. The summed E-state index contributed by atoms with van der Waals surface area (Å²) >= 11 is 6.05. The summed E-state index contributed by atoms with van der Waals surface area (Å²) in [7, 11) is 1.65. The van der Waals surface area contributed by atoms with Crippen molar-refractivity contribution in [2.45, 2.75) is 6.61 Å². The highest BCUT2D eigenvalue weighted by Gasteiger charge is 2.09. The van der Waals surface area contributed by atoms with Crippen molar-refractivity contribution in [3.63, 3.8) is 0 Å². The van der Waals surface area contributed by atoms with E-state index in [1.165, 1.54) is 10.9 Å². The Labute approximate surface area is 119 Å². The van der Waals surface area contributed by atoms with E-state index in [1.807, 2.05) is 0 Å². The van der Waals surface area contributed by atoms with Gasteiger partial charge in [-0.1, -0.05) is 23.7 Å². The Morgan fingerprint density at radius 1 is 1.55 bits per heavy atom. The molecule has 0 aliphatic heterocycles. The second kappa shape index (κ2) is 6.16. The van der Waals surface area contributed by atoms with Gasteiger partial charge in [0.25, 0.3) is 0 Å². The summed E-state index contributed by atoms with van der Waals surface area (Å²) in [5, 5.41) is 20.5. The largest absolute Gasteiger partial charge is 0.483 e. The van der Waals surface area contributed by atoms with Crippen molar-refractivity contribution in [2.75, 3.05) is 0 Å². The number of aliphatic carboxylic acids is 1. The average Bonchev–Trinajstić information content (AvgIpc) is 2.81. The molecule has 1 heterocycles. The van der Waals surface area contributed by atoms with E-state index >= 15 is 0 Å². The van der Waals surface area contributed by atoms with Gasteiger partial charge in [-0.25, -0.2) is 4.79 Å². The normalized spacial score (nSPS) is 10.9. The van der Waals surface area contributed by atoms with Crippen LogP contribution in [0.1, 0.15) is 11.4 Å². The number of benzene rings is 1. The molecule has 0 fully saturated rings. The lowest BCUT2D eigenvalue weighted by molar-refractivity contribution is -0.131. The lowest BCUT2D eigenvalue weighted by Gasteiger charge is -2.09. The van der Waals surface area contributed by atoms with Crippen LogP contribution in [-0.2, 0) is 18.4 Å². The summed E-state index contributed by atoms with van der Waals surface area (Å²) in [4.78, 5) is 11.9. The molecule has 0 saturated heterocycles. The van der Waals surface area contributed by atoms with Crippen LogP contribution in [0.2, 0.25) is 5.02 Å². The van der Waals surface area contributed by atoms with Crippen molar-refractivity contribution in [2.24, 2.45) is 7.05 Å². The molecule has 0 atom stereocenters. The predicted octanol–water partition coefficient (Wildman–Crippen LogP) is 1.54. The fraction of sp³-hybridized carbons (Fsp3) is 0.167. The van der Waals surface area contributed by atoms with Gasteiger partial charge in [-0.05, 0) is 17.4 Å². The first kappa shape index (κ1) is 14.0. The van der Waals surface area contributed by atoms with Gasteiger partial charge in [0.15, 0.2) is 6.61 Å². The van der Waals surface area contributed by atoms with Gasteiger partial charge in [-0.2, -0.15) is 4.80 Å². The zero-order chi connectivity index (χ0) is 14.5. The van der Waals surface area contributed by atoms with E-state index in [0.29, 0.717) is 22.2 Å². The number of rotatable bonds is 5. The Bertz CT molecular complexity index is 654. The number of halogens is 1. The molecule has 0 spiro atoms. The summed E-state index contributed by atoms with van der Waals surface area (Å²) < 4.78 is 5.55. The van der Waals surface area contributed by atoms with Crippen LogP contribution in [-0.4, -0.2) is 31.3 Å². The first-order valence-electron chi connectivity index (χ1n) is 5.61. The van der Waals surface area contributed by atoms with Gasteiger partial charge in [0.05, 0.1) is 12.1 Å². The zero-order valence-corrected chi connectivity index (χ0v) is 11.3. The number of carboxylic acids is 1. The Morgan fingerprint density at radius 3 is 3.00 bits per heavy atom. The molecule has 0 amide bonds. The maximum absolute atomic E-state index is 10.6. The van der Waals surface area contributed by atoms with Crippen LogP contribution in [0.15, 0.2) is 24.3 Å². The number of nitrogens with zero attached hydrogens (tertiary/aromatic N) is 4. The number of carbonyl (C=O) groups is 1. The number of tetrazole rings is 1. The summed E-state index contributed by atoms with van der Waals surface area (Å²) in [5.41, 5.74) is 0.559. The minimum absolute atomic E-state index is 0.0888. The Hall–Kier alpha value is -2.41. The lowest BCUT2D eigenvalue weighted by atomic mass is 10.2. The van der Waals surface area contributed by atoms with Crippen molar-refractivity contribution in [1.82, 2.24) is 20.2 Å². The Kier molecular flexibility index (Phi) is 4.31. The highest BCUT2D eigenvalue weighted by molar-refractivity contribution is 6.32. The molecule has 0 radical (unpaired) electrons. The van der Waals surface area contributed by atoms with Gasteiger partial charge in [0.2, 0.25) is 5.82 Å². The van der Waals surface area contributed by atoms with Gasteiger partial charge in [0.1, 0.15) is 5.75 Å². The Balaban J connectivity index is 2.19. The molecule has 1 aromatic heterocycles. The molecule has 1 aromatic carbocycles. The van der Waals surface area contributed by atoms with E-state index in [9.17, 15) is 4.79 Å². The van der Waals surface area contributed by atoms with Crippen LogP contribution < -0.4 is 4.74 Å². The van der Waals surface area contributed by atoms with Gasteiger partial charge in [0, 0.05) is 11.6 Å². The number of hydrogen-bond donors (Lipinski definition) is 1. The minimum Gasteiger partial charge on any atom is -0.483 e. The van der Waals surface area contributed by atoms with E-state index in [4.69, 9.17) is 21.4 Å². The molecular formula is C12H11ClN4O3. The fourth-order valence-electron chi connectivity index (χ4n) is 1.49. The van der Waals surface area contributed by atoms with E-state index in [-0.39, 0.29) is 6.61 Å². The van der Waals surface area contributed by atoms with Crippen molar-refractivity contribution in [3.8, 4) is 5.75 Å². The average molecular weight is 295 g/mol. The number of ether oxygens (including phenoxy) is 1. The molecule has 0 aliphatic rings. The second-order valence-electron chi connectivity index (χ2n) is 3.81. The van der Waals surface area contributed by atoms with Crippen LogP contribution >= 0.6 is 11.6 Å². The molecule has 0 unspecified atom stereocenters. The summed E-state index contributed by atoms with van der Waals surface area (Å²) in [5.74, 6) is -0.272. The molecule has 0 saturated carbocycles. The molecule has 7 nitrogen and oxygen atoms in total. The number of hydrogen-bond acceptors (Lipinski definition) is 5. The molecular weight excluding hydrogens is 284 g/mol. The third kappa shape index (κ3) is 3.55. The minimum atomic E-state index is -1.05. The molecule has 1 N–H and O–H groups in total. The topological polar surface area (TPSA) is 90.1 Å². The predicted molar refractivity (Wildman–Crippen MR) is 71.3 cm³/mol. The van der Waals surface area contributed by atoms with Crippen molar-refractivity contribution in [1.29, 1.82) is 0 Å². The Morgan fingerprint density at radius 2 is 2.35 bits per heavy atom. The highest BCUT2D eigenvalue weighted by Crippen LogP contribution is 2.30. The van der Waals surface area contributed by atoms with Crippen molar-refractivity contribution < 1.29 is 14.6 Å². The molecule has 0 bridgehead atoms. The van der Waals surface area contributed by atoms with Crippen molar-refractivity contribution in [3.05, 3.63) is 40.7 Å². The van der Waals surface area contributed by atoms with Crippen LogP contribution in [0.4, 0.5) is 0 Å². The van der Waals surface area contributed by atoms with E-state index in [0.717, 1.165) is 6.08 Å². The van der Waals surface area contributed by atoms with Crippen LogP contribution in [0, 0.1) is 0 Å². The third-order valence-corrected chi connectivity index (χ3v) is 2.60. The van der Waals surface area contributed by atoms with Gasteiger partial charge >= 0.3 is 5.97 Å². The first-order valence-corrected chi connectivity index (χ1v) is 5.99. The maximum atomic E-state index is 10.6. The highest BCUT2D eigenvalue weighted by atomic mass is 35.5. The first-order chi connectivity index (χ1) is 9.56. The van der Waals surface area contributed by atoms with Crippen molar-refractivity contribution >= 4 is 23.6 Å². The molecule has 8 heteroatoms. The number of aryl methyl sites for hydroxylation is 1. The summed E-state index contributed by atoms with van der Waals surface area (Å²) in [6, 6.07) is 5.06. The smallest absolute Gasteiger partial charge is 0.328 e. The summed E-state index contributed by atoms with van der Waals surface area (Å²) in [6.07, 6.45) is 2.42. The molecule has 2 rings (SSSR count). The fourth-order valence-corrected chi connectivity index (χ4v) is 1.72. The SMILES string of the molecule is Cn1nnc(COc2c(Cl)cccc2/C=C/C(=O)O)n1. The number of para-hydroxylation sites is 1. The quantitative estimate of drug-likeness (QED) is 0.841. The number of aromatic nitrogens is 4. The van der Waals surface area contributed by atoms with E-state index in [1.54, 1.807) is 25.2 Å². The van der Waals surface area contributed by atoms with Gasteiger partial charge < -0.3 is 9.84 Å². The van der Waals surface area contributed by atoms with Gasteiger partial charge in [-0.15, -0.1) is 10.2 Å². The zero-order valence-electron chi connectivity index (χ0n) is 10.5. The molecule has 20 heavy (non-hydrogen) atoms. The van der Waals surface area contributed by atoms with Crippen LogP contribution in [0.3, 0.4) is 0 Å². The van der Waals surface area contributed by atoms with E-state index < -0.39 is 5.97 Å². The second-order valence-corrected chi connectivity index (χ2v) is 4.22. The molecule has 104 valence electrons. The lowest BCUT2D eigenvalue weighted by Crippen LogP contribution is -2.01. The monoisotopic (exact) mass is 294 g/mol. The van der Waals surface area contributed by atoms with Crippen LogP contribution in [0.25, 0.3) is 6.08 Å². The van der Waals surface area contributed by atoms with Crippen LogP contribution in [0.5, 0.6) is 5.75 Å². The standard InChI is InChI=1S/C12H11ClN4O3/c1-17-15-10(14-16-17)7-20-12-8(5-6-11(18)19)3-2-4-9(12)13/h2-6H,7H2,1H3,(H,18,19)/b6-5+.